The van der Waals surface area contributed by atoms with Crippen molar-refractivity contribution in [2.75, 3.05) is 20.7 Å². The van der Waals surface area contributed by atoms with Crippen LogP contribution < -0.4 is 0 Å². The number of hydrogen-bond donors (Lipinski definition) is 0. The van der Waals surface area contributed by atoms with E-state index in [9.17, 15) is 4.79 Å². The van der Waals surface area contributed by atoms with Gasteiger partial charge in [0.15, 0.2) is 0 Å². The van der Waals surface area contributed by atoms with E-state index in [1.165, 1.54) is 29.4 Å². The van der Waals surface area contributed by atoms with Crippen LogP contribution in [0.2, 0.25) is 0 Å². The van der Waals surface area contributed by atoms with Crippen LogP contribution in [0.3, 0.4) is 0 Å². The number of benzene rings is 1. The predicted octanol–water partition coefficient (Wildman–Crippen LogP) is 3.00. The molecule has 106 valence electrons. The molecule has 1 aromatic rings. The maximum Gasteiger partial charge on any atom is 0.305 e. The van der Waals surface area contributed by atoms with Gasteiger partial charge in [-0.1, -0.05) is 12.1 Å². The van der Waals surface area contributed by atoms with Gasteiger partial charge in [-0.25, -0.2) is 0 Å². The average molecular weight is 263 g/mol. The zero-order valence-electron chi connectivity index (χ0n) is 12.7. The number of hydrogen-bond acceptors (Lipinski definition) is 3. The molecule has 0 unspecified atom stereocenters. The standard InChI is InChI=1S/C16H25NO2/c1-12-8-9-15(14(3)13(12)2)11-17(4)10-6-7-16(18)19-5/h8-9H,6-7,10-11H2,1-5H3. The van der Waals surface area contributed by atoms with Crippen LogP contribution in [0.4, 0.5) is 0 Å². The Balaban J connectivity index is 2.51. The van der Waals surface area contributed by atoms with E-state index in [0.29, 0.717) is 6.42 Å². The number of carbonyl (C=O) groups is 1. The second-order valence-electron chi connectivity index (χ2n) is 5.21. The zero-order valence-corrected chi connectivity index (χ0v) is 12.7. The SMILES string of the molecule is COC(=O)CCCN(C)Cc1ccc(C)c(C)c1C. The van der Waals surface area contributed by atoms with Gasteiger partial charge < -0.3 is 9.64 Å². The molecule has 0 amide bonds. The summed E-state index contributed by atoms with van der Waals surface area (Å²) in [4.78, 5) is 13.3. The van der Waals surface area contributed by atoms with Gasteiger partial charge in [-0.15, -0.1) is 0 Å². The molecule has 0 aliphatic rings. The summed E-state index contributed by atoms with van der Waals surface area (Å²) in [5, 5.41) is 0. The van der Waals surface area contributed by atoms with E-state index in [-0.39, 0.29) is 5.97 Å². The molecule has 0 saturated carbocycles. The molecule has 3 heteroatoms. The summed E-state index contributed by atoms with van der Waals surface area (Å²) >= 11 is 0. The molecule has 0 aliphatic carbocycles. The first-order chi connectivity index (χ1) is 8.95. The van der Waals surface area contributed by atoms with E-state index in [1.54, 1.807) is 0 Å². The zero-order chi connectivity index (χ0) is 14.4. The molecule has 0 spiro atoms. The summed E-state index contributed by atoms with van der Waals surface area (Å²) in [6.07, 6.45) is 1.33. The maximum absolute atomic E-state index is 11.0. The first kappa shape index (κ1) is 15.7. The van der Waals surface area contributed by atoms with Crippen LogP contribution in [0.25, 0.3) is 0 Å². The van der Waals surface area contributed by atoms with Crippen LogP contribution in [-0.4, -0.2) is 31.6 Å². The fourth-order valence-electron chi connectivity index (χ4n) is 2.15. The Kier molecular flexibility index (Phi) is 6.03. The van der Waals surface area contributed by atoms with Crippen LogP contribution in [0.15, 0.2) is 12.1 Å². The third-order valence-corrected chi connectivity index (χ3v) is 3.76. The summed E-state index contributed by atoms with van der Waals surface area (Å²) in [5.41, 5.74) is 5.46. The van der Waals surface area contributed by atoms with Gasteiger partial charge in [0, 0.05) is 13.0 Å². The number of esters is 1. The molecule has 0 bridgehead atoms. The van der Waals surface area contributed by atoms with Gasteiger partial charge in [-0.3, -0.25) is 4.79 Å². The second-order valence-corrected chi connectivity index (χ2v) is 5.21. The van der Waals surface area contributed by atoms with Crippen LogP contribution in [0.1, 0.15) is 35.1 Å². The van der Waals surface area contributed by atoms with Gasteiger partial charge in [0.2, 0.25) is 0 Å². The number of aryl methyl sites for hydroxylation is 1. The molecule has 19 heavy (non-hydrogen) atoms. The summed E-state index contributed by atoms with van der Waals surface area (Å²) in [6.45, 7) is 8.33. The van der Waals surface area contributed by atoms with Crippen molar-refractivity contribution >= 4 is 5.97 Å². The third kappa shape index (κ3) is 4.67. The van der Waals surface area contributed by atoms with Crippen LogP contribution in [0, 0.1) is 20.8 Å². The van der Waals surface area contributed by atoms with E-state index in [1.807, 2.05) is 0 Å². The Morgan fingerprint density at radius 3 is 2.53 bits per heavy atom. The fourth-order valence-corrected chi connectivity index (χ4v) is 2.15. The van der Waals surface area contributed by atoms with Crippen molar-refractivity contribution < 1.29 is 9.53 Å². The Labute approximate surface area is 116 Å². The molecule has 0 saturated heterocycles. The third-order valence-electron chi connectivity index (χ3n) is 3.76. The smallest absolute Gasteiger partial charge is 0.305 e. The largest absolute Gasteiger partial charge is 0.469 e. The normalized spacial score (nSPS) is 10.8. The Hall–Kier alpha value is -1.35. The minimum atomic E-state index is -0.129. The molecule has 0 heterocycles. The van der Waals surface area contributed by atoms with Gasteiger partial charge in [0.25, 0.3) is 0 Å². The molecular weight excluding hydrogens is 238 g/mol. The van der Waals surface area contributed by atoms with Crippen LogP contribution >= 0.6 is 0 Å². The van der Waals surface area contributed by atoms with Gasteiger partial charge in [-0.05, 0) is 63.0 Å². The van der Waals surface area contributed by atoms with Crippen molar-refractivity contribution in [3.05, 3.63) is 34.4 Å². The summed E-state index contributed by atoms with van der Waals surface area (Å²) in [5.74, 6) is -0.129. The first-order valence-electron chi connectivity index (χ1n) is 6.76. The number of methoxy groups -OCH3 is 1. The van der Waals surface area contributed by atoms with E-state index >= 15 is 0 Å². The highest BCUT2D eigenvalue weighted by Crippen LogP contribution is 2.18. The lowest BCUT2D eigenvalue weighted by molar-refractivity contribution is -0.140. The molecule has 0 aromatic heterocycles. The van der Waals surface area contributed by atoms with Crippen molar-refractivity contribution in [1.82, 2.24) is 4.90 Å². The highest BCUT2D eigenvalue weighted by Gasteiger charge is 2.07. The molecule has 0 N–H and O–H groups in total. The van der Waals surface area contributed by atoms with Crippen LogP contribution in [0.5, 0.6) is 0 Å². The Morgan fingerprint density at radius 1 is 1.21 bits per heavy atom. The lowest BCUT2D eigenvalue weighted by Crippen LogP contribution is -2.20. The number of rotatable bonds is 6. The molecule has 0 aliphatic heterocycles. The molecule has 1 aromatic carbocycles. The number of carbonyl (C=O) groups excluding carboxylic acids is 1. The molecular formula is C16H25NO2. The highest BCUT2D eigenvalue weighted by atomic mass is 16.5. The van der Waals surface area contributed by atoms with E-state index < -0.39 is 0 Å². The molecule has 3 nitrogen and oxygen atoms in total. The average Bonchev–Trinajstić information content (AvgIpc) is 2.39. The molecule has 0 fully saturated rings. The van der Waals surface area contributed by atoms with Gasteiger partial charge >= 0.3 is 5.97 Å². The Morgan fingerprint density at radius 2 is 1.89 bits per heavy atom. The van der Waals surface area contributed by atoms with Crippen molar-refractivity contribution in [3.8, 4) is 0 Å². The van der Waals surface area contributed by atoms with Crippen molar-refractivity contribution in [1.29, 1.82) is 0 Å². The number of nitrogens with zero attached hydrogens (tertiary/aromatic N) is 1. The van der Waals surface area contributed by atoms with E-state index in [4.69, 9.17) is 0 Å². The minimum Gasteiger partial charge on any atom is -0.469 e. The fraction of sp³-hybridized carbons (Fsp3) is 0.562. The predicted molar refractivity (Wildman–Crippen MR) is 78.2 cm³/mol. The molecule has 0 radical (unpaired) electrons. The minimum absolute atomic E-state index is 0.129. The first-order valence-corrected chi connectivity index (χ1v) is 6.76. The monoisotopic (exact) mass is 263 g/mol. The summed E-state index contributed by atoms with van der Waals surface area (Å²) < 4.78 is 4.64. The van der Waals surface area contributed by atoms with Crippen LogP contribution in [-0.2, 0) is 16.1 Å². The van der Waals surface area contributed by atoms with Gasteiger partial charge in [-0.2, -0.15) is 0 Å². The van der Waals surface area contributed by atoms with Crippen molar-refractivity contribution in [2.24, 2.45) is 0 Å². The maximum atomic E-state index is 11.0. The van der Waals surface area contributed by atoms with Gasteiger partial charge in [0.05, 0.1) is 7.11 Å². The lowest BCUT2D eigenvalue weighted by Gasteiger charge is -2.19. The molecule has 1 rings (SSSR count). The highest BCUT2D eigenvalue weighted by molar-refractivity contribution is 5.69. The number of ether oxygens (including phenoxy) is 1. The quantitative estimate of drug-likeness (QED) is 0.739. The van der Waals surface area contributed by atoms with Gasteiger partial charge in [0.1, 0.15) is 0 Å². The Bertz CT molecular complexity index is 441. The van der Waals surface area contributed by atoms with E-state index in [2.05, 4.69) is 49.6 Å². The lowest BCUT2D eigenvalue weighted by atomic mass is 9.98. The molecule has 0 atom stereocenters. The summed E-state index contributed by atoms with van der Waals surface area (Å²) in [6, 6.07) is 4.38. The van der Waals surface area contributed by atoms with Crippen molar-refractivity contribution in [3.63, 3.8) is 0 Å². The van der Waals surface area contributed by atoms with E-state index in [0.717, 1.165) is 19.5 Å². The summed E-state index contributed by atoms with van der Waals surface area (Å²) in [7, 11) is 3.52. The second kappa shape index (κ2) is 7.29. The topological polar surface area (TPSA) is 29.5 Å². The van der Waals surface area contributed by atoms with Crippen molar-refractivity contribution in [2.45, 2.75) is 40.2 Å².